The predicted molar refractivity (Wildman–Crippen MR) is 84.5 cm³/mol. The predicted octanol–water partition coefficient (Wildman–Crippen LogP) is 2.60. The van der Waals surface area contributed by atoms with Crippen molar-refractivity contribution in [3.05, 3.63) is 58.7 Å². The molecule has 2 unspecified atom stereocenters. The number of ether oxygens (including phenoxy) is 1. The number of benzene rings is 1. The smallest absolute Gasteiger partial charge is 0.128 e. The Labute approximate surface area is 129 Å². The number of nitrogens with two attached hydrogens (primary N) is 2. The lowest BCUT2D eigenvalue weighted by atomic mass is 9.96. The normalized spacial score (nSPS) is 13.9. The maximum atomic E-state index is 6.02. The van der Waals surface area contributed by atoms with Crippen LogP contribution >= 0.6 is 11.6 Å². The van der Waals surface area contributed by atoms with Crippen LogP contribution in [0.5, 0.6) is 0 Å². The van der Waals surface area contributed by atoms with Crippen LogP contribution in [-0.4, -0.2) is 11.6 Å². The summed E-state index contributed by atoms with van der Waals surface area (Å²) in [6, 6.07) is 11.2. The zero-order valence-electron chi connectivity index (χ0n) is 11.8. The van der Waals surface area contributed by atoms with E-state index in [1.54, 1.807) is 6.07 Å². The van der Waals surface area contributed by atoms with Gasteiger partial charge in [-0.15, -0.1) is 0 Å². The van der Waals surface area contributed by atoms with Crippen LogP contribution < -0.4 is 17.0 Å². The highest BCUT2D eigenvalue weighted by Crippen LogP contribution is 2.34. The van der Waals surface area contributed by atoms with Crippen LogP contribution in [0.1, 0.15) is 30.2 Å². The summed E-state index contributed by atoms with van der Waals surface area (Å²) in [6.07, 6.45) is 1.22. The van der Waals surface area contributed by atoms with Crippen molar-refractivity contribution < 1.29 is 4.74 Å². The topological polar surface area (TPSA) is 86.2 Å². The summed E-state index contributed by atoms with van der Waals surface area (Å²) in [4.78, 5) is 4.08. The number of rotatable bonds is 6. The molecule has 5 nitrogen and oxygen atoms in total. The molecule has 1 aromatic heterocycles. The van der Waals surface area contributed by atoms with Crippen molar-refractivity contribution in [3.63, 3.8) is 0 Å². The fourth-order valence-corrected chi connectivity index (χ4v) is 2.43. The van der Waals surface area contributed by atoms with Gasteiger partial charge in [0.05, 0.1) is 11.1 Å². The lowest BCUT2D eigenvalue weighted by molar-refractivity contribution is 0.0328. The van der Waals surface area contributed by atoms with Crippen molar-refractivity contribution in [3.8, 4) is 0 Å². The summed E-state index contributed by atoms with van der Waals surface area (Å²) in [5.41, 5.74) is 10.4. The number of hydrogen-bond acceptors (Lipinski definition) is 5. The highest BCUT2D eigenvalue weighted by Gasteiger charge is 2.26. The first-order chi connectivity index (χ1) is 10.2. The van der Waals surface area contributed by atoms with Gasteiger partial charge in [-0.25, -0.2) is 10.4 Å². The van der Waals surface area contributed by atoms with Crippen LogP contribution in [0.3, 0.4) is 0 Å². The highest BCUT2D eigenvalue weighted by atomic mass is 35.5. The largest absolute Gasteiger partial charge is 0.383 e. The van der Waals surface area contributed by atoms with Crippen molar-refractivity contribution in [2.75, 3.05) is 12.3 Å². The maximum absolute atomic E-state index is 6.02. The van der Waals surface area contributed by atoms with E-state index in [0.29, 0.717) is 23.0 Å². The number of nitrogen functional groups attached to an aromatic ring is 1. The second kappa shape index (κ2) is 7.38. The van der Waals surface area contributed by atoms with E-state index in [0.717, 1.165) is 5.56 Å². The van der Waals surface area contributed by atoms with Gasteiger partial charge in [0.15, 0.2) is 0 Å². The molecule has 2 aromatic rings. The molecule has 0 aliphatic rings. The third-order valence-electron chi connectivity index (χ3n) is 3.21. The van der Waals surface area contributed by atoms with Crippen LogP contribution in [-0.2, 0) is 4.74 Å². The molecule has 5 N–H and O–H groups in total. The van der Waals surface area contributed by atoms with Gasteiger partial charge < -0.3 is 10.5 Å². The number of hydrazine groups is 1. The van der Waals surface area contributed by atoms with E-state index in [-0.39, 0.29) is 12.1 Å². The Morgan fingerprint density at radius 1 is 1.33 bits per heavy atom. The summed E-state index contributed by atoms with van der Waals surface area (Å²) in [7, 11) is 0. The van der Waals surface area contributed by atoms with E-state index in [9.17, 15) is 0 Å². The van der Waals surface area contributed by atoms with E-state index in [1.807, 2.05) is 37.3 Å². The molecule has 0 saturated carbocycles. The SMILES string of the molecule is CCOC(c1ccccc1)C(NN)c1cc(Cl)cnc1N. The van der Waals surface area contributed by atoms with Crippen LogP contribution in [0.2, 0.25) is 5.02 Å². The van der Waals surface area contributed by atoms with E-state index in [4.69, 9.17) is 27.9 Å². The Kier molecular flexibility index (Phi) is 5.52. The molecule has 2 atom stereocenters. The molecule has 6 heteroatoms. The van der Waals surface area contributed by atoms with E-state index in [1.165, 1.54) is 6.20 Å². The fraction of sp³-hybridized carbons (Fsp3) is 0.267. The summed E-state index contributed by atoms with van der Waals surface area (Å²) < 4.78 is 5.86. The van der Waals surface area contributed by atoms with Crippen LogP contribution in [0.4, 0.5) is 5.82 Å². The third kappa shape index (κ3) is 3.71. The number of pyridine rings is 1. The van der Waals surface area contributed by atoms with Gasteiger partial charge in [-0.1, -0.05) is 41.9 Å². The molecule has 0 spiro atoms. The average molecular weight is 307 g/mol. The van der Waals surface area contributed by atoms with Gasteiger partial charge in [-0.3, -0.25) is 5.84 Å². The van der Waals surface area contributed by atoms with Crippen molar-refractivity contribution in [1.82, 2.24) is 10.4 Å². The van der Waals surface area contributed by atoms with Gasteiger partial charge in [-0.05, 0) is 18.6 Å². The first kappa shape index (κ1) is 15.7. The Hall–Kier alpha value is -1.66. The molecule has 21 heavy (non-hydrogen) atoms. The first-order valence-corrected chi connectivity index (χ1v) is 7.08. The minimum absolute atomic E-state index is 0.288. The Balaban J connectivity index is 2.43. The molecule has 0 radical (unpaired) electrons. The van der Waals surface area contributed by atoms with E-state index < -0.39 is 0 Å². The summed E-state index contributed by atoms with van der Waals surface area (Å²) in [5, 5.41) is 0.503. The average Bonchev–Trinajstić information content (AvgIpc) is 2.51. The van der Waals surface area contributed by atoms with Gasteiger partial charge in [0.1, 0.15) is 11.9 Å². The van der Waals surface area contributed by atoms with Crippen molar-refractivity contribution in [1.29, 1.82) is 0 Å². The molecular weight excluding hydrogens is 288 g/mol. The van der Waals surface area contributed by atoms with Gasteiger partial charge >= 0.3 is 0 Å². The third-order valence-corrected chi connectivity index (χ3v) is 3.41. The quantitative estimate of drug-likeness (QED) is 0.564. The van der Waals surface area contributed by atoms with Gasteiger partial charge in [0.2, 0.25) is 0 Å². The zero-order valence-corrected chi connectivity index (χ0v) is 12.5. The molecule has 0 bridgehead atoms. The van der Waals surface area contributed by atoms with Crippen molar-refractivity contribution in [2.24, 2.45) is 5.84 Å². The molecule has 1 heterocycles. The molecule has 0 aliphatic heterocycles. The summed E-state index contributed by atoms with van der Waals surface area (Å²) in [5.74, 6) is 6.11. The molecular formula is C15H19ClN4O. The summed E-state index contributed by atoms with van der Waals surface area (Å²) in [6.45, 7) is 2.48. The maximum Gasteiger partial charge on any atom is 0.128 e. The first-order valence-electron chi connectivity index (χ1n) is 6.71. The van der Waals surface area contributed by atoms with E-state index in [2.05, 4.69) is 10.4 Å². The molecule has 0 amide bonds. The van der Waals surface area contributed by atoms with E-state index >= 15 is 0 Å². The number of aromatic nitrogens is 1. The molecule has 112 valence electrons. The number of nitrogens with one attached hydrogen (secondary N) is 1. The lowest BCUT2D eigenvalue weighted by Crippen LogP contribution is -2.34. The summed E-state index contributed by atoms with van der Waals surface area (Å²) >= 11 is 6.02. The monoisotopic (exact) mass is 306 g/mol. The highest BCUT2D eigenvalue weighted by molar-refractivity contribution is 6.30. The molecule has 1 aromatic carbocycles. The van der Waals surface area contributed by atoms with Gasteiger partial charge in [0.25, 0.3) is 0 Å². The Morgan fingerprint density at radius 3 is 2.67 bits per heavy atom. The van der Waals surface area contributed by atoms with Gasteiger partial charge in [-0.2, -0.15) is 0 Å². The minimum Gasteiger partial charge on any atom is -0.383 e. The minimum atomic E-state index is -0.349. The van der Waals surface area contributed by atoms with Crippen LogP contribution in [0, 0.1) is 0 Å². The number of nitrogens with zero attached hydrogens (tertiary/aromatic N) is 1. The Bertz CT molecular complexity index is 579. The number of anilines is 1. The van der Waals surface area contributed by atoms with Crippen molar-refractivity contribution >= 4 is 17.4 Å². The second-order valence-electron chi connectivity index (χ2n) is 4.56. The van der Waals surface area contributed by atoms with Crippen molar-refractivity contribution in [2.45, 2.75) is 19.1 Å². The van der Waals surface area contributed by atoms with Crippen LogP contribution in [0.15, 0.2) is 42.6 Å². The number of halogens is 1. The molecule has 0 saturated heterocycles. The molecule has 0 aliphatic carbocycles. The zero-order chi connectivity index (χ0) is 15.2. The Morgan fingerprint density at radius 2 is 2.05 bits per heavy atom. The van der Waals surface area contributed by atoms with Gasteiger partial charge in [0, 0.05) is 18.4 Å². The second-order valence-corrected chi connectivity index (χ2v) is 5.00. The van der Waals surface area contributed by atoms with Crippen LogP contribution in [0.25, 0.3) is 0 Å². The fourth-order valence-electron chi connectivity index (χ4n) is 2.26. The molecule has 2 rings (SSSR count). The molecule has 0 fully saturated rings. The lowest BCUT2D eigenvalue weighted by Gasteiger charge is -2.28. The standard InChI is InChI=1S/C15H19ClN4O/c1-2-21-14(10-6-4-3-5-7-10)13(20-18)12-8-11(16)9-19-15(12)17/h3-9,13-14,20H,2,18H2,1H3,(H2,17,19). The number of hydrogen-bond donors (Lipinski definition) is 3.